The van der Waals surface area contributed by atoms with Crippen molar-refractivity contribution in [3.8, 4) is 0 Å². The average molecular weight is 293 g/mol. The van der Waals surface area contributed by atoms with Crippen LogP contribution in [0.1, 0.15) is 12.0 Å². The van der Waals surface area contributed by atoms with Gasteiger partial charge in [0.25, 0.3) is 5.24 Å². The van der Waals surface area contributed by atoms with E-state index in [4.69, 9.17) is 0 Å². The van der Waals surface area contributed by atoms with Gasteiger partial charge in [0.15, 0.2) is 0 Å². The molecule has 0 fully saturated rings. The second-order valence-electron chi connectivity index (χ2n) is 3.75. The van der Waals surface area contributed by atoms with Crippen LogP contribution in [0.25, 0.3) is 0 Å². The van der Waals surface area contributed by atoms with Crippen molar-refractivity contribution in [2.75, 3.05) is 7.11 Å². The molecule has 0 saturated carbocycles. The van der Waals surface area contributed by atoms with Gasteiger partial charge < -0.3 is 10.1 Å². The highest BCUT2D eigenvalue weighted by Gasteiger charge is 2.32. The lowest BCUT2D eigenvalue weighted by Crippen LogP contribution is -2.37. The smallest absolute Gasteiger partial charge is 0.361 e. The monoisotopic (exact) mass is 293 g/mol. The standard InChI is InChI=1S/C12H14F3NO2S/c1-18-10(7-12(13,14)15)16-11(17)19-8-9-5-3-2-4-6-9/h2-6,10H,7-8H2,1H3,(H,16,17)/t10-/m1/s1. The number of carbonyl (C=O) groups excluding carboxylic acids is 1. The Morgan fingerprint density at radius 1 is 1.37 bits per heavy atom. The van der Waals surface area contributed by atoms with Crippen LogP contribution in [0.3, 0.4) is 0 Å². The van der Waals surface area contributed by atoms with Gasteiger partial charge >= 0.3 is 6.18 Å². The Labute approximate surface area is 113 Å². The number of thioether (sulfide) groups is 1. The molecular weight excluding hydrogens is 279 g/mol. The molecule has 0 aliphatic rings. The molecule has 106 valence electrons. The molecule has 1 aromatic rings. The quantitative estimate of drug-likeness (QED) is 0.844. The normalized spacial score (nSPS) is 13.1. The molecule has 0 bridgehead atoms. The predicted molar refractivity (Wildman–Crippen MR) is 67.7 cm³/mol. The first-order valence-electron chi connectivity index (χ1n) is 5.47. The van der Waals surface area contributed by atoms with Crippen LogP contribution in [-0.4, -0.2) is 24.8 Å². The second kappa shape index (κ2) is 7.40. The van der Waals surface area contributed by atoms with Crippen LogP contribution < -0.4 is 5.32 Å². The molecule has 1 aromatic carbocycles. The lowest BCUT2D eigenvalue weighted by molar-refractivity contribution is -0.159. The molecular formula is C12H14F3NO2S. The molecule has 0 saturated heterocycles. The number of carbonyl (C=O) groups is 1. The van der Waals surface area contributed by atoms with Crippen molar-refractivity contribution in [3.63, 3.8) is 0 Å². The molecule has 1 atom stereocenters. The van der Waals surface area contributed by atoms with E-state index in [2.05, 4.69) is 10.1 Å². The van der Waals surface area contributed by atoms with Crippen LogP contribution in [-0.2, 0) is 10.5 Å². The zero-order valence-electron chi connectivity index (χ0n) is 10.2. The summed E-state index contributed by atoms with van der Waals surface area (Å²) in [5.74, 6) is 0.398. The maximum atomic E-state index is 12.2. The first-order chi connectivity index (χ1) is 8.90. The Morgan fingerprint density at radius 3 is 2.53 bits per heavy atom. The largest absolute Gasteiger partial charge is 0.393 e. The number of methoxy groups -OCH3 is 1. The van der Waals surface area contributed by atoms with Crippen LogP contribution in [0.2, 0.25) is 0 Å². The molecule has 1 rings (SSSR count). The highest BCUT2D eigenvalue weighted by Crippen LogP contribution is 2.22. The van der Waals surface area contributed by atoms with E-state index >= 15 is 0 Å². The van der Waals surface area contributed by atoms with Crippen molar-refractivity contribution in [2.45, 2.75) is 24.6 Å². The zero-order chi connectivity index (χ0) is 14.3. The summed E-state index contributed by atoms with van der Waals surface area (Å²) in [6.45, 7) is 0. The minimum absolute atomic E-state index is 0.398. The third-order valence-electron chi connectivity index (χ3n) is 2.19. The van der Waals surface area contributed by atoms with E-state index in [0.29, 0.717) is 5.75 Å². The van der Waals surface area contributed by atoms with Crippen molar-refractivity contribution in [1.82, 2.24) is 5.32 Å². The summed E-state index contributed by atoms with van der Waals surface area (Å²) in [5, 5.41) is 1.63. The summed E-state index contributed by atoms with van der Waals surface area (Å²) in [4.78, 5) is 11.5. The summed E-state index contributed by atoms with van der Waals surface area (Å²) >= 11 is 0.902. The minimum atomic E-state index is -4.38. The third-order valence-corrected chi connectivity index (χ3v) is 3.05. The van der Waals surface area contributed by atoms with E-state index in [9.17, 15) is 18.0 Å². The number of halogens is 3. The van der Waals surface area contributed by atoms with Crippen LogP contribution in [0.15, 0.2) is 30.3 Å². The van der Waals surface area contributed by atoms with Gasteiger partial charge in [-0.05, 0) is 5.56 Å². The predicted octanol–water partition coefficient (Wildman–Crippen LogP) is 3.55. The van der Waals surface area contributed by atoms with Crippen molar-refractivity contribution >= 4 is 17.0 Å². The summed E-state index contributed by atoms with van der Waals surface area (Å²) in [7, 11) is 1.12. The summed E-state index contributed by atoms with van der Waals surface area (Å²) in [6, 6.07) is 9.18. The van der Waals surface area contributed by atoms with Crippen LogP contribution in [0.4, 0.5) is 18.0 Å². The first kappa shape index (κ1) is 15.8. The fraction of sp³-hybridized carbons (Fsp3) is 0.417. The first-order valence-corrected chi connectivity index (χ1v) is 6.46. The SMILES string of the molecule is CO[C@H](CC(F)(F)F)NC(=O)SCc1ccccc1. The molecule has 0 aliphatic heterocycles. The van der Waals surface area contributed by atoms with Crippen molar-refractivity contribution in [2.24, 2.45) is 0 Å². The number of benzene rings is 1. The fourth-order valence-electron chi connectivity index (χ4n) is 1.30. The number of ether oxygens (including phenoxy) is 1. The Hall–Kier alpha value is -1.21. The van der Waals surface area contributed by atoms with Gasteiger partial charge in [-0.3, -0.25) is 4.79 Å². The van der Waals surface area contributed by atoms with Gasteiger partial charge in [0.2, 0.25) is 0 Å². The van der Waals surface area contributed by atoms with Crippen LogP contribution in [0, 0.1) is 0 Å². The Morgan fingerprint density at radius 2 is 2.00 bits per heavy atom. The molecule has 7 heteroatoms. The van der Waals surface area contributed by atoms with E-state index in [1.807, 2.05) is 30.3 Å². The lowest BCUT2D eigenvalue weighted by atomic mass is 10.2. The summed E-state index contributed by atoms with van der Waals surface area (Å²) in [6.07, 6.45) is -6.94. The number of alkyl halides is 3. The number of nitrogens with one attached hydrogen (secondary N) is 1. The Balaban J connectivity index is 2.37. The number of amides is 1. The molecule has 1 amide bonds. The zero-order valence-corrected chi connectivity index (χ0v) is 11.1. The summed E-state index contributed by atoms with van der Waals surface area (Å²) in [5.41, 5.74) is 0.924. The molecule has 1 N–H and O–H groups in total. The summed E-state index contributed by atoms with van der Waals surface area (Å²) < 4.78 is 41.1. The highest BCUT2D eigenvalue weighted by molar-refractivity contribution is 8.12. The molecule has 0 unspecified atom stereocenters. The number of hydrogen-bond donors (Lipinski definition) is 1. The van der Waals surface area contributed by atoms with Gasteiger partial charge in [0, 0.05) is 12.9 Å². The van der Waals surface area contributed by atoms with Crippen molar-refractivity contribution < 1.29 is 22.7 Å². The van der Waals surface area contributed by atoms with Crippen LogP contribution >= 0.6 is 11.8 Å². The maximum absolute atomic E-state index is 12.2. The molecule has 3 nitrogen and oxygen atoms in total. The van der Waals surface area contributed by atoms with Gasteiger partial charge in [-0.25, -0.2) is 0 Å². The van der Waals surface area contributed by atoms with E-state index in [1.165, 1.54) is 0 Å². The molecule has 0 aromatic heterocycles. The van der Waals surface area contributed by atoms with Gasteiger partial charge in [0.05, 0.1) is 6.42 Å². The van der Waals surface area contributed by atoms with E-state index in [1.54, 1.807) is 0 Å². The van der Waals surface area contributed by atoms with Crippen molar-refractivity contribution in [3.05, 3.63) is 35.9 Å². The van der Waals surface area contributed by atoms with Gasteiger partial charge in [-0.15, -0.1) is 0 Å². The average Bonchev–Trinajstić information content (AvgIpc) is 2.35. The van der Waals surface area contributed by atoms with E-state index < -0.39 is 24.1 Å². The van der Waals surface area contributed by atoms with Gasteiger partial charge in [-0.2, -0.15) is 13.2 Å². The number of hydrogen-bond acceptors (Lipinski definition) is 3. The molecule has 19 heavy (non-hydrogen) atoms. The second-order valence-corrected chi connectivity index (χ2v) is 4.70. The van der Waals surface area contributed by atoms with Gasteiger partial charge in [-0.1, -0.05) is 42.1 Å². The van der Waals surface area contributed by atoms with Crippen molar-refractivity contribution in [1.29, 1.82) is 0 Å². The van der Waals surface area contributed by atoms with Crippen LogP contribution in [0.5, 0.6) is 0 Å². The minimum Gasteiger partial charge on any atom is -0.361 e. The lowest BCUT2D eigenvalue weighted by Gasteiger charge is -2.18. The topological polar surface area (TPSA) is 38.3 Å². The van der Waals surface area contributed by atoms with Gasteiger partial charge in [0.1, 0.15) is 6.23 Å². The third kappa shape index (κ3) is 7.07. The maximum Gasteiger partial charge on any atom is 0.393 e. The fourth-order valence-corrected chi connectivity index (χ4v) is 2.00. The molecule has 0 spiro atoms. The molecule has 0 radical (unpaired) electrons. The molecule has 0 aliphatic carbocycles. The molecule has 0 heterocycles. The highest BCUT2D eigenvalue weighted by atomic mass is 32.2. The van der Waals surface area contributed by atoms with E-state index in [-0.39, 0.29) is 0 Å². The Kier molecular flexibility index (Phi) is 6.17. The Bertz CT molecular complexity index is 398. The van der Waals surface area contributed by atoms with E-state index in [0.717, 1.165) is 24.4 Å². The number of rotatable bonds is 5.